The van der Waals surface area contributed by atoms with Crippen LogP contribution in [0, 0.1) is 6.92 Å². The zero-order valence-corrected chi connectivity index (χ0v) is 16.3. The van der Waals surface area contributed by atoms with Gasteiger partial charge in [0.15, 0.2) is 0 Å². The highest BCUT2D eigenvalue weighted by Gasteiger charge is 2.40. The van der Waals surface area contributed by atoms with Crippen LogP contribution in [0.3, 0.4) is 0 Å². The first-order valence-corrected chi connectivity index (χ1v) is 10.3. The highest BCUT2D eigenvalue weighted by atomic mass is 32.2. The maximum absolute atomic E-state index is 12.6. The fraction of sp³-hybridized carbons (Fsp3) is 0.211. The topological polar surface area (TPSA) is 113 Å². The van der Waals surface area contributed by atoms with E-state index in [-0.39, 0.29) is 16.8 Å². The van der Waals surface area contributed by atoms with Crippen molar-refractivity contribution in [3.05, 3.63) is 59.2 Å². The van der Waals surface area contributed by atoms with Gasteiger partial charge in [0, 0.05) is 5.69 Å². The molecule has 3 amide bonds. The predicted molar refractivity (Wildman–Crippen MR) is 105 cm³/mol. The van der Waals surface area contributed by atoms with E-state index >= 15 is 0 Å². The number of anilines is 2. The average molecular weight is 401 g/mol. The number of nitrogens with one attached hydrogen (secondary N) is 2. The van der Waals surface area contributed by atoms with E-state index in [0.717, 1.165) is 16.7 Å². The Morgan fingerprint density at radius 2 is 1.64 bits per heavy atom. The molecule has 0 saturated carbocycles. The summed E-state index contributed by atoms with van der Waals surface area (Å²) in [6.07, 6.45) is 1.02. The van der Waals surface area contributed by atoms with Crippen LogP contribution in [0.4, 0.5) is 11.4 Å². The van der Waals surface area contributed by atoms with Crippen molar-refractivity contribution in [1.29, 1.82) is 0 Å². The van der Waals surface area contributed by atoms with Crippen LogP contribution in [-0.4, -0.2) is 43.3 Å². The van der Waals surface area contributed by atoms with Crippen LogP contribution in [0.15, 0.2) is 42.5 Å². The van der Waals surface area contributed by atoms with Gasteiger partial charge < -0.3 is 5.32 Å². The summed E-state index contributed by atoms with van der Waals surface area (Å²) in [5.74, 6) is -1.60. The number of carbonyl (C=O) groups is 3. The molecule has 2 N–H and O–H groups in total. The summed E-state index contributed by atoms with van der Waals surface area (Å²) in [6, 6.07) is 10.0. The van der Waals surface area contributed by atoms with E-state index in [1.165, 1.54) is 19.1 Å². The van der Waals surface area contributed by atoms with Crippen LogP contribution < -0.4 is 10.0 Å². The van der Waals surface area contributed by atoms with Gasteiger partial charge in [0.25, 0.3) is 11.8 Å². The number of nitrogens with zero attached hydrogens (tertiary/aromatic N) is 1. The quantitative estimate of drug-likeness (QED) is 0.744. The molecule has 0 aliphatic carbocycles. The van der Waals surface area contributed by atoms with Crippen molar-refractivity contribution < 1.29 is 22.8 Å². The fourth-order valence-corrected chi connectivity index (χ4v) is 3.52. The molecule has 146 valence electrons. The largest absolute Gasteiger partial charge is 0.324 e. The summed E-state index contributed by atoms with van der Waals surface area (Å²) >= 11 is 0. The van der Waals surface area contributed by atoms with E-state index in [4.69, 9.17) is 0 Å². The molecule has 1 aliphatic heterocycles. The summed E-state index contributed by atoms with van der Waals surface area (Å²) in [5, 5.41) is 2.60. The van der Waals surface area contributed by atoms with Crippen LogP contribution in [0.2, 0.25) is 0 Å². The van der Waals surface area contributed by atoms with Crippen molar-refractivity contribution in [3.63, 3.8) is 0 Å². The number of rotatable bonds is 5. The van der Waals surface area contributed by atoms with Gasteiger partial charge in [-0.3, -0.25) is 24.0 Å². The second-order valence-corrected chi connectivity index (χ2v) is 8.40. The van der Waals surface area contributed by atoms with Gasteiger partial charge in [0.1, 0.15) is 6.04 Å². The van der Waals surface area contributed by atoms with E-state index < -0.39 is 33.8 Å². The minimum absolute atomic E-state index is 0.273. The molecular formula is C19H19N3O5S. The summed E-state index contributed by atoms with van der Waals surface area (Å²) in [5.41, 5.74) is 2.01. The van der Waals surface area contributed by atoms with Gasteiger partial charge in [0.2, 0.25) is 15.9 Å². The van der Waals surface area contributed by atoms with Crippen molar-refractivity contribution >= 4 is 39.1 Å². The van der Waals surface area contributed by atoms with E-state index in [9.17, 15) is 22.8 Å². The Morgan fingerprint density at radius 1 is 1.00 bits per heavy atom. The van der Waals surface area contributed by atoms with Crippen molar-refractivity contribution in [2.24, 2.45) is 0 Å². The first-order valence-electron chi connectivity index (χ1n) is 8.44. The molecule has 0 spiro atoms. The van der Waals surface area contributed by atoms with Crippen LogP contribution in [0.5, 0.6) is 0 Å². The predicted octanol–water partition coefficient (Wildman–Crippen LogP) is 1.99. The van der Waals surface area contributed by atoms with Gasteiger partial charge in [-0.2, -0.15) is 0 Å². The highest BCUT2D eigenvalue weighted by Crippen LogP contribution is 2.26. The third-order valence-corrected chi connectivity index (χ3v) is 4.88. The number of hydrogen-bond acceptors (Lipinski definition) is 5. The Kier molecular flexibility index (Phi) is 4.95. The lowest BCUT2D eigenvalue weighted by Gasteiger charge is -2.21. The maximum Gasteiger partial charge on any atom is 0.262 e. The molecule has 1 aliphatic rings. The molecule has 1 heterocycles. The normalized spacial score (nSPS) is 14.6. The van der Waals surface area contributed by atoms with Gasteiger partial charge in [-0.25, -0.2) is 8.42 Å². The van der Waals surface area contributed by atoms with Crippen LogP contribution in [0.1, 0.15) is 33.2 Å². The van der Waals surface area contributed by atoms with E-state index in [2.05, 4.69) is 10.0 Å². The number of amides is 3. The van der Waals surface area contributed by atoms with Gasteiger partial charge >= 0.3 is 0 Å². The number of carbonyl (C=O) groups excluding carboxylic acids is 3. The second kappa shape index (κ2) is 7.08. The number of aryl methyl sites for hydroxylation is 1. The van der Waals surface area contributed by atoms with E-state index in [1.807, 2.05) is 6.92 Å². The maximum atomic E-state index is 12.6. The molecule has 0 fully saturated rings. The number of imide groups is 1. The molecule has 1 atom stereocenters. The second-order valence-electron chi connectivity index (χ2n) is 6.65. The van der Waals surface area contributed by atoms with Crippen LogP contribution >= 0.6 is 0 Å². The van der Waals surface area contributed by atoms with E-state index in [1.54, 1.807) is 30.3 Å². The molecular weight excluding hydrogens is 382 g/mol. The Hall–Kier alpha value is -3.20. The molecule has 0 radical (unpaired) electrons. The fourth-order valence-electron chi connectivity index (χ4n) is 2.96. The Balaban J connectivity index is 1.78. The Labute approximate surface area is 162 Å². The van der Waals surface area contributed by atoms with Crippen molar-refractivity contribution in [3.8, 4) is 0 Å². The Bertz CT molecular complexity index is 1090. The molecule has 2 aromatic carbocycles. The minimum atomic E-state index is -3.46. The zero-order valence-electron chi connectivity index (χ0n) is 15.5. The van der Waals surface area contributed by atoms with Gasteiger partial charge in [-0.05, 0) is 44.2 Å². The lowest BCUT2D eigenvalue weighted by atomic mass is 10.1. The summed E-state index contributed by atoms with van der Waals surface area (Å²) < 4.78 is 25.0. The summed E-state index contributed by atoms with van der Waals surface area (Å²) in [4.78, 5) is 38.7. The molecule has 1 unspecified atom stereocenters. The first-order chi connectivity index (χ1) is 13.1. The number of sulfonamides is 1. The monoisotopic (exact) mass is 401 g/mol. The lowest BCUT2D eigenvalue weighted by molar-refractivity contribution is -0.119. The molecule has 3 rings (SSSR count). The highest BCUT2D eigenvalue weighted by molar-refractivity contribution is 7.92. The third kappa shape index (κ3) is 3.89. The van der Waals surface area contributed by atoms with Crippen LogP contribution in [0.25, 0.3) is 0 Å². The van der Waals surface area contributed by atoms with Gasteiger partial charge in [0.05, 0.1) is 23.1 Å². The molecule has 0 aromatic heterocycles. The number of hydrogen-bond donors (Lipinski definition) is 2. The molecule has 0 bridgehead atoms. The van der Waals surface area contributed by atoms with Crippen molar-refractivity contribution in [2.45, 2.75) is 19.9 Å². The lowest BCUT2D eigenvalue weighted by Crippen LogP contribution is -2.45. The molecule has 8 nitrogen and oxygen atoms in total. The molecule has 28 heavy (non-hydrogen) atoms. The number of fused-ring (bicyclic) bond motifs is 1. The molecule has 0 saturated heterocycles. The van der Waals surface area contributed by atoms with Gasteiger partial charge in [-0.1, -0.05) is 17.7 Å². The van der Waals surface area contributed by atoms with Crippen molar-refractivity contribution in [1.82, 2.24) is 4.90 Å². The molecule has 2 aromatic rings. The van der Waals surface area contributed by atoms with Gasteiger partial charge in [-0.15, -0.1) is 0 Å². The van der Waals surface area contributed by atoms with Crippen molar-refractivity contribution in [2.75, 3.05) is 16.3 Å². The van der Waals surface area contributed by atoms with E-state index in [0.29, 0.717) is 5.69 Å². The summed E-state index contributed by atoms with van der Waals surface area (Å²) in [7, 11) is -3.46. The smallest absolute Gasteiger partial charge is 0.262 e. The molecule has 9 heteroatoms. The first kappa shape index (κ1) is 19.6. The zero-order chi connectivity index (χ0) is 20.6. The number of benzene rings is 2. The summed E-state index contributed by atoms with van der Waals surface area (Å²) in [6.45, 7) is 3.27. The standard InChI is InChI=1S/C19H19N3O5S/c1-11-7-8-15-16(9-11)19(25)22(18(15)24)12(2)17(23)20-13-5-4-6-14(10-13)21-28(3,26)27/h4-10,12,21H,1-3H3,(H,20,23). The minimum Gasteiger partial charge on any atom is -0.324 e. The SMILES string of the molecule is Cc1ccc2c(c1)C(=O)N(C(C)C(=O)Nc1cccc(NS(C)(=O)=O)c1)C2=O. The van der Waals surface area contributed by atoms with Crippen LogP contribution in [-0.2, 0) is 14.8 Å². The Morgan fingerprint density at radius 3 is 2.32 bits per heavy atom. The average Bonchev–Trinajstić information content (AvgIpc) is 2.83. The third-order valence-electron chi connectivity index (χ3n) is 4.27.